The topological polar surface area (TPSA) is 40.7 Å². The molecule has 2 rings (SSSR count). The fourth-order valence-corrected chi connectivity index (χ4v) is 2.33. The predicted molar refractivity (Wildman–Crippen MR) is 79.0 cm³/mol. The standard InChI is InChI=1S/C16H23N3/c1-4-5-14-6-8-15(9-7-14)12(2)19-13(3)16-10-17-18-11-16/h6-13,19H,4-5H2,1-3H3,(H,17,18). The number of rotatable bonds is 6. The van der Waals surface area contributed by atoms with Gasteiger partial charge in [0.15, 0.2) is 0 Å². The molecule has 2 N–H and O–H groups in total. The Labute approximate surface area is 115 Å². The molecule has 0 amide bonds. The monoisotopic (exact) mass is 257 g/mol. The van der Waals surface area contributed by atoms with Crippen molar-refractivity contribution in [1.82, 2.24) is 15.5 Å². The Kier molecular flexibility index (Phi) is 4.74. The van der Waals surface area contributed by atoms with Crippen LogP contribution in [0.4, 0.5) is 0 Å². The highest BCUT2D eigenvalue weighted by Crippen LogP contribution is 2.19. The van der Waals surface area contributed by atoms with Crippen molar-refractivity contribution < 1.29 is 0 Å². The Morgan fingerprint density at radius 2 is 1.79 bits per heavy atom. The molecule has 0 radical (unpaired) electrons. The van der Waals surface area contributed by atoms with Crippen LogP contribution in [0.25, 0.3) is 0 Å². The molecule has 0 bridgehead atoms. The zero-order chi connectivity index (χ0) is 13.7. The molecule has 3 nitrogen and oxygen atoms in total. The normalized spacial score (nSPS) is 14.3. The summed E-state index contributed by atoms with van der Waals surface area (Å²) >= 11 is 0. The Balaban J connectivity index is 1.97. The zero-order valence-corrected chi connectivity index (χ0v) is 12.0. The smallest absolute Gasteiger partial charge is 0.0534 e. The first-order chi connectivity index (χ1) is 9.20. The van der Waals surface area contributed by atoms with E-state index in [2.05, 4.69) is 60.6 Å². The van der Waals surface area contributed by atoms with Gasteiger partial charge in [-0.15, -0.1) is 0 Å². The van der Waals surface area contributed by atoms with Crippen molar-refractivity contribution in [3.8, 4) is 0 Å². The minimum atomic E-state index is 0.295. The van der Waals surface area contributed by atoms with Gasteiger partial charge in [0, 0.05) is 23.8 Å². The highest BCUT2D eigenvalue weighted by molar-refractivity contribution is 5.25. The van der Waals surface area contributed by atoms with Crippen LogP contribution in [-0.4, -0.2) is 10.2 Å². The van der Waals surface area contributed by atoms with E-state index in [1.165, 1.54) is 23.1 Å². The fourth-order valence-electron chi connectivity index (χ4n) is 2.33. The van der Waals surface area contributed by atoms with Gasteiger partial charge in [-0.05, 0) is 31.4 Å². The first-order valence-corrected chi connectivity index (χ1v) is 7.04. The van der Waals surface area contributed by atoms with Gasteiger partial charge in [-0.2, -0.15) is 5.10 Å². The molecule has 102 valence electrons. The summed E-state index contributed by atoms with van der Waals surface area (Å²) in [5.41, 5.74) is 3.94. The van der Waals surface area contributed by atoms with Gasteiger partial charge >= 0.3 is 0 Å². The summed E-state index contributed by atoms with van der Waals surface area (Å²) in [6.07, 6.45) is 6.17. The number of aromatic nitrogens is 2. The van der Waals surface area contributed by atoms with Gasteiger partial charge in [-0.1, -0.05) is 37.6 Å². The van der Waals surface area contributed by atoms with E-state index in [-0.39, 0.29) is 0 Å². The molecule has 0 aliphatic heterocycles. The van der Waals surface area contributed by atoms with Gasteiger partial charge in [0.1, 0.15) is 0 Å². The lowest BCUT2D eigenvalue weighted by Gasteiger charge is -2.19. The number of benzene rings is 1. The molecule has 0 aliphatic rings. The molecule has 0 saturated carbocycles. The van der Waals surface area contributed by atoms with Crippen LogP contribution in [-0.2, 0) is 6.42 Å². The molecule has 0 saturated heterocycles. The zero-order valence-electron chi connectivity index (χ0n) is 12.0. The van der Waals surface area contributed by atoms with E-state index in [1.54, 1.807) is 0 Å². The Morgan fingerprint density at radius 3 is 2.37 bits per heavy atom. The third kappa shape index (κ3) is 3.67. The van der Waals surface area contributed by atoms with Crippen LogP contribution in [0.2, 0.25) is 0 Å². The Morgan fingerprint density at radius 1 is 1.11 bits per heavy atom. The largest absolute Gasteiger partial charge is 0.304 e. The van der Waals surface area contributed by atoms with Crippen LogP contribution in [0, 0.1) is 0 Å². The number of aromatic amines is 1. The van der Waals surface area contributed by atoms with Crippen LogP contribution >= 0.6 is 0 Å². The summed E-state index contributed by atoms with van der Waals surface area (Å²) in [6.45, 7) is 6.57. The second-order valence-electron chi connectivity index (χ2n) is 5.13. The summed E-state index contributed by atoms with van der Waals surface area (Å²) in [5.74, 6) is 0. The van der Waals surface area contributed by atoms with Crippen LogP contribution < -0.4 is 5.32 Å². The summed E-state index contributed by atoms with van der Waals surface area (Å²) in [5, 5.41) is 10.4. The summed E-state index contributed by atoms with van der Waals surface area (Å²) < 4.78 is 0. The highest BCUT2D eigenvalue weighted by Gasteiger charge is 2.11. The number of hydrogen-bond donors (Lipinski definition) is 2. The fraction of sp³-hybridized carbons (Fsp3) is 0.438. The summed E-state index contributed by atoms with van der Waals surface area (Å²) in [4.78, 5) is 0. The van der Waals surface area contributed by atoms with E-state index >= 15 is 0 Å². The van der Waals surface area contributed by atoms with Gasteiger partial charge in [0.2, 0.25) is 0 Å². The van der Waals surface area contributed by atoms with E-state index in [4.69, 9.17) is 0 Å². The quantitative estimate of drug-likeness (QED) is 0.827. The molecule has 19 heavy (non-hydrogen) atoms. The van der Waals surface area contributed by atoms with E-state index in [9.17, 15) is 0 Å². The number of nitrogens with zero attached hydrogens (tertiary/aromatic N) is 1. The number of aryl methyl sites for hydroxylation is 1. The minimum Gasteiger partial charge on any atom is -0.304 e. The summed E-state index contributed by atoms with van der Waals surface area (Å²) in [7, 11) is 0. The van der Waals surface area contributed by atoms with Gasteiger partial charge < -0.3 is 5.32 Å². The van der Waals surface area contributed by atoms with Crippen LogP contribution in [0.15, 0.2) is 36.7 Å². The Bertz CT molecular complexity index is 473. The molecule has 2 unspecified atom stereocenters. The van der Waals surface area contributed by atoms with Crippen molar-refractivity contribution in [2.75, 3.05) is 0 Å². The molecule has 0 spiro atoms. The van der Waals surface area contributed by atoms with E-state index in [0.717, 1.165) is 6.42 Å². The molecule has 1 heterocycles. The van der Waals surface area contributed by atoms with Crippen molar-refractivity contribution in [1.29, 1.82) is 0 Å². The highest BCUT2D eigenvalue weighted by atomic mass is 15.1. The van der Waals surface area contributed by atoms with Gasteiger partial charge in [-0.25, -0.2) is 0 Å². The molecule has 2 atom stereocenters. The third-order valence-corrected chi connectivity index (χ3v) is 3.54. The van der Waals surface area contributed by atoms with E-state index in [0.29, 0.717) is 12.1 Å². The van der Waals surface area contributed by atoms with Crippen molar-refractivity contribution in [3.63, 3.8) is 0 Å². The Hall–Kier alpha value is -1.61. The number of nitrogens with one attached hydrogen (secondary N) is 2. The van der Waals surface area contributed by atoms with Crippen molar-refractivity contribution in [2.45, 2.75) is 45.7 Å². The van der Waals surface area contributed by atoms with E-state index in [1.807, 2.05) is 12.4 Å². The van der Waals surface area contributed by atoms with Crippen LogP contribution in [0.3, 0.4) is 0 Å². The van der Waals surface area contributed by atoms with Gasteiger partial charge in [0.05, 0.1) is 6.20 Å². The first kappa shape index (κ1) is 13.8. The molecule has 0 fully saturated rings. The third-order valence-electron chi connectivity index (χ3n) is 3.54. The maximum atomic E-state index is 3.99. The second-order valence-corrected chi connectivity index (χ2v) is 5.13. The molecular formula is C16H23N3. The second kappa shape index (κ2) is 6.53. The van der Waals surface area contributed by atoms with E-state index < -0.39 is 0 Å². The average molecular weight is 257 g/mol. The molecular weight excluding hydrogens is 234 g/mol. The van der Waals surface area contributed by atoms with Crippen molar-refractivity contribution in [3.05, 3.63) is 53.3 Å². The maximum Gasteiger partial charge on any atom is 0.0534 e. The SMILES string of the molecule is CCCc1ccc(C(C)NC(C)c2cn[nH]c2)cc1. The number of hydrogen-bond acceptors (Lipinski definition) is 2. The maximum absolute atomic E-state index is 3.99. The average Bonchev–Trinajstić information content (AvgIpc) is 2.94. The lowest BCUT2D eigenvalue weighted by atomic mass is 10.0. The molecule has 3 heteroatoms. The van der Waals surface area contributed by atoms with Crippen molar-refractivity contribution in [2.24, 2.45) is 0 Å². The molecule has 2 aromatic rings. The van der Waals surface area contributed by atoms with Gasteiger partial charge in [0.25, 0.3) is 0 Å². The lowest BCUT2D eigenvalue weighted by molar-refractivity contribution is 0.495. The van der Waals surface area contributed by atoms with Crippen LogP contribution in [0.5, 0.6) is 0 Å². The molecule has 1 aromatic carbocycles. The van der Waals surface area contributed by atoms with Gasteiger partial charge in [-0.3, -0.25) is 5.10 Å². The number of H-pyrrole nitrogens is 1. The first-order valence-electron chi connectivity index (χ1n) is 7.04. The predicted octanol–water partition coefficient (Wildman–Crippen LogP) is 3.77. The molecule has 1 aromatic heterocycles. The minimum absolute atomic E-state index is 0.295. The summed E-state index contributed by atoms with van der Waals surface area (Å²) in [6, 6.07) is 9.55. The van der Waals surface area contributed by atoms with Crippen LogP contribution in [0.1, 0.15) is 56.0 Å². The lowest BCUT2D eigenvalue weighted by Crippen LogP contribution is -2.22. The molecule has 0 aliphatic carbocycles. The van der Waals surface area contributed by atoms with Crippen molar-refractivity contribution >= 4 is 0 Å².